The molecule has 2 atom stereocenters. The van der Waals surface area contributed by atoms with Gasteiger partial charge in [-0.3, -0.25) is 4.79 Å². The molecule has 0 aliphatic rings. The van der Waals surface area contributed by atoms with Crippen molar-refractivity contribution in [1.82, 2.24) is 15.5 Å². The van der Waals surface area contributed by atoms with E-state index in [2.05, 4.69) is 15.5 Å². The summed E-state index contributed by atoms with van der Waals surface area (Å²) in [7, 11) is 0. The summed E-state index contributed by atoms with van der Waals surface area (Å²) in [5.74, 6) is 0.798. The number of aromatic nitrogens is 2. The molecule has 0 spiro atoms. The largest absolute Gasteiger partial charge is 0.345 e. The van der Waals surface area contributed by atoms with E-state index >= 15 is 0 Å². The van der Waals surface area contributed by atoms with Gasteiger partial charge in [-0.1, -0.05) is 48.8 Å². The second-order valence-corrected chi connectivity index (χ2v) is 5.33. The minimum Gasteiger partial charge on any atom is -0.345 e. The van der Waals surface area contributed by atoms with Crippen LogP contribution in [-0.2, 0) is 11.2 Å². The van der Waals surface area contributed by atoms with E-state index in [1.54, 1.807) is 0 Å². The Labute approximate surface area is 130 Å². The lowest BCUT2D eigenvalue weighted by atomic mass is 10.1. The Morgan fingerprint density at radius 3 is 2.77 bits per heavy atom. The third-order valence-corrected chi connectivity index (χ3v) is 3.36. The van der Waals surface area contributed by atoms with Gasteiger partial charge in [0.1, 0.15) is 0 Å². The highest BCUT2D eigenvalue weighted by Gasteiger charge is 2.19. The summed E-state index contributed by atoms with van der Waals surface area (Å²) in [6, 6.07) is 9.05. The van der Waals surface area contributed by atoms with Crippen LogP contribution in [-0.4, -0.2) is 22.1 Å². The molecule has 0 saturated carbocycles. The van der Waals surface area contributed by atoms with Crippen molar-refractivity contribution in [3.63, 3.8) is 0 Å². The third kappa shape index (κ3) is 4.39. The zero-order valence-electron chi connectivity index (χ0n) is 13.0. The molecule has 0 aliphatic heterocycles. The smallest absolute Gasteiger partial charge is 0.237 e. The molecule has 2 aromatic rings. The van der Waals surface area contributed by atoms with Crippen molar-refractivity contribution in [2.75, 3.05) is 0 Å². The van der Waals surface area contributed by atoms with Crippen molar-refractivity contribution in [1.29, 1.82) is 0 Å². The Balaban J connectivity index is 1.94. The molecule has 22 heavy (non-hydrogen) atoms. The van der Waals surface area contributed by atoms with E-state index in [1.807, 2.05) is 44.2 Å². The van der Waals surface area contributed by atoms with Crippen molar-refractivity contribution < 1.29 is 9.32 Å². The van der Waals surface area contributed by atoms with Crippen LogP contribution in [0.4, 0.5) is 0 Å². The molecule has 1 amide bonds. The Kier molecular flexibility index (Phi) is 5.66. The molecule has 6 heteroatoms. The lowest BCUT2D eigenvalue weighted by molar-refractivity contribution is -0.123. The Morgan fingerprint density at radius 1 is 1.36 bits per heavy atom. The van der Waals surface area contributed by atoms with Gasteiger partial charge in [-0.25, -0.2) is 0 Å². The van der Waals surface area contributed by atoms with Gasteiger partial charge in [0.2, 0.25) is 11.8 Å². The van der Waals surface area contributed by atoms with E-state index in [1.165, 1.54) is 0 Å². The number of carbonyl (C=O) groups excluding carboxylic acids is 1. The number of carbonyl (C=O) groups is 1. The summed E-state index contributed by atoms with van der Waals surface area (Å²) in [5.41, 5.74) is 6.88. The number of hydrogen-bond donors (Lipinski definition) is 2. The zero-order chi connectivity index (χ0) is 15.9. The maximum Gasteiger partial charge on any atom is 0.237 e. The summed E-state index contributed by atoms with van der Waals surface area (Å²) in [4.78, 5) is 16.2. The number of nitrogens with one attached hydrogen (secondary N) is 1. The van der Waals surface area contributed by atoms with Crippen LogP contribution in [0, 0.1) is 0 Å². The minimum absolute atomic E-state index is 0.191. The first kappa shape index (κ1) is 16.2. The minimum atomic E-state index is -0.497. The highest BCUT2D eigenvalue weighted by atomic mass is 16.5. The molecular weight excluding hydrogens is 280 g/mol. The Hall–Kier alpha value is -2.21. The van der Waals surface area contributed by atoms with E-state index in [9.17, 15) is 4.79 Å². The average Bonchev–Trinajstić information content (AvgIpc) is 2.97. The number of benzene rings is 1. The Morgan fingerprint density at radius 2 is 2.09 bits per heavy atom. The second kappa shape index (κ2) is 7.70. The summed E-state index contributed by atoms with van der Waals surface area (Å²) >= 11 is 0. The molecule has 0 fully saturated rings. The summed E-state index contributed by atoms with van der Waals surface area (Å²) in [5, 5.41) is 6.74. The lowest BCUT2D eigenvalue weighted by Crippen LogP contribution is -2.41. The summed E-state index contributed by atoms with van der Waals surface area (Å²) in [6.45, 7) is 3.80. The molecule has 118 valence electrons. The van der Waals surface area contributed by atoms with Gasteiger partial charge in [0.05, 0.1) is 18.5 Å². The molecule has 3 N–H and O–H groups in total. The van der Waals surface area contributed by atoms with Gasteiger partial charge >= 0.3 is 0 Å². The van der Waals surface area contributed by atoms with Crippen molar-refractivity contribution in [3.8, 4) is 0 Å². The number of nitrogens with two attached hydrogens (primary N) is 1. The SMILES string of the molecule is CCCC(N)C(=O)NC(C)c1noc(Cc2ccccc2)n1. The van der Waals surface area contributed by atoms with Crippen molar-refractivity contribution in [3.05, 3.63) is 47.6 Å². The molecule has 2 rings (SSSR count). The molecule has 6 nitrogen and oxygen atoms in total. The van der Waals surface area contributed by atoms with Gasteiger partial charge in [-0.2, -0.15) is 4.98 Å². The molecule has 0 aliphatic carbocycles. The van der Waals surface area contributed by atoms with Gasteiger partial charge in [-0.05, 0) is 18.9 Å². The van der Waals surface area contributed by atoms with Crippen LogP contribution in [0.15, 0.2) is 34.9 Å². The predicted octanol–water partition coefficient (Wildman–Crippen LogP) is 1.96. The maximum absolute atomic E-state index is 11.9. The van der Waals surface area contributed by atoms with Gasteiger partial charge in [-0.15, -0.1) is 0 Å². The lowest BCUT2D eigenvalue weighted by Gasteiger charge is -2.14. The number of amides is 1. The Bertz CT molecular complexity index is 597. The van der Waals surface area contributed by atoms with Crippen molar-refractivity contribution in [2.45, 2.75) is 45.2 Å². The maximum atomic E-state index is 11.9. The van der Waals surface area contributed by atoms with Gasteiger partial charge in [0.15, 0.2) is 5.82 Å². The predicted molar refractivity (Wildman–Crippen MR) is 83.0 cm³/mol. The van der Waals surface area contributed by atoms with Gasteiger partial charge in [0.25, 0.3) is 0 Å². The molecule has 2 unspecified atom stereocenters. The normalized spacial score (nSPS) is 13.6. The molecule has 0 bridgehead atoms. The van der Waals surface area contributed by atoms with E-state index < -0.39 is 6.04 Å². The fraction of sp³-hybridized carbons (Fsp3) is 0.438. The zero-order valence-corrected chi connectivity index (χ0v) is 13.0. The quantitative estimate of drug-likeness (QED) is 0.815. The second-order valence-electron chi connectivity index (χ2n) is 5.33. The summed E-state index contributed by atoms with van der Waals surface area (Å²) < 4.78 is 5.24. The standard InChI is InChI=1S/C16H22N4O2/c1-3-7-13(17)16(21)18-11(2)15-19-14(22-20-15)10-12-8-5-4-6-9-12/h4-6,8-9,11,13H,3,7,10,17H2,1-2H3,(H,18,21). The van der Waals surface area contributed by atoms with E-state index in [0.29, 0.717) is 24.6 Å². The van der Waals surface area contributed by atoms with Crippen LogP contribution < -0.4 is 11.1 Å². The monoisotopic (exact) mass is 302 g/mol. The van der Waals surface area contributed by atoms with Gasteiger partial charge in [0, 0.05) is 0 Å². The molecule has 0 radical (unpaired) electrons. The highest BCUT2D eigenvalue weighted by Crippen LogP contribution is 2.12. The first-order valence-corrected chi connectivity index (χ1v) is 7.52. The topological polar surface area (TPSA) is 94.0 Å². The molecular formula is C16H22N4O2. The van der Waals surface area contributed by atoms with Crippen molar-refractivity contribution in [2.24, 2.45) is 5.73 Å². The fourth-order valence-corrected chi connectivity index (χ4v) is 2.11. The van der Waals surface area contributed by atoms with E-state index in [4.69, 9.17) is 10.3 Å². The van der Waals surface area contributed by atoms with Crippen LogP contribution in [0.2, 0.25) is 0 Å². The number of rotatable bonds is 7. The van der Waals surface area contributed by atoms with Crippen LogP contribution in [0.5, 0.6) is 0 Å². The molecule has 1 aromatic heterocycles. The van der Waals surface area contributed by atoms with Gasteiger partial charge < -0.3 is 15.6 Å². The van der Waals surface area contributed by atoms with Crippen LogP contribution in [0.25, 0.3) is 0 Å². The highest BCUT2D eigenvalue weighted by molar-refractivity contribution is 5.81. The third-order valence-electron chi connectivity index (χ3n) is 3.36. The van der Waals surface area contributed by atoms with Crippen LogP contribution >= 0.6 is 0 Å². The van der Waals surface area contributed by atoms with Crippen LogP contribution in [0.3, 0.4) is 0 Å². The average molecular weight is 302 g/mol. The first-order chi connectivity index (χ1) is 10.6. The number of nitrogens with zero attached hydrogens (tertiary/aromatic N) is 2. The van der Waals surface area contributed by atoms with Crippen LogP contribution in [0.1, 0.15) is 50.0 Å². The molecule has 0 saturated heterocycles. The first-order valence-electron chi connectivity index (χ1n) is 7.52. The molecule has 1 aromatic carbocycles. The number of hydrogen-bond acceptors (Lipinski definition) is 5. The summed E-state index contributed by atoms with van der Waals surface area (Å²) in [6.07, 6.45) is 2.10. The molecule has 1 heterocycles. The van der Waals surface area contributed by atoms with Crippen molar-refractivity contribution >= 4 is 5.91 Å². The van der Waals surface area contributed by atoms with E-state index in [-0.39, 0.29) is 11.9 Å². The fourth-order valence-electron chi connectivity index (χ4n) is 2.11. The van der Waals surface area contributed by atoms with E-state index in [0.717, 1.165) is 12.0 Å².